The Morgan fingerprint density at radius 2 is 1.26 bits per heavy atom. The van der Waals surface area contributed by atoms with Crippen LogP contribution in [0.1, 0.15) is 11.1 Å². The van der Waals surface area contributed by atoms with Crippen molar-refractivity contribution in [2.24, 2.45) is 0 Å². The van der Waals surface area contributed by atoms with Gasteiger partial charge in [0.2, 0.25) is 0 Å². The fourth-order valence-corrected chi connectivity index (χ4v) is 6.73. The van der Waals surface area contributed by atoms with E-state index < -0.39 is 0 Å². The summed E-state index contributed by atoms with van der Waals surface area (Å²) in [6.07, 6.45) is 9.63. The van der Waals surface area contributed by atoms with Gasteiger partial charge in [0.15, 0.2) is 0 Å². The Labute approximate surface area is 243 Å². The molecule has 42 heavy (non-hydrogen) atoms. The van der Waals surface area contributed by atoms with E-state index >= 15 is 0 Å². The Balaban J connectivity index is 1.25. The van der Waals surface area contributed by atoms with Gasteiger partial charge in [-0.15, -0.1) is 0 Å². The number of rotatable bonds is 2. The molecular weight excluding hydrogens is 508 g/mol. The average molecular weight is 535 g/mol. The lowest BCUT2D eigenvalue weighted by Crippen LogP contribution is -1.97. The lowest BCUT2D eigenvalue weighted by Gasteiger charge is -2.15. The maximum absolute atomic E-state index is 5.22. The van der Waals surface area contributed by atoms with E-state index in [2.05, 4.69) is 150 Å². The van der Waals surface area contributed by atoms with Crippen LogP contribution in [0, 0.1) is 0 Å². The van der Waals surface area contributed by atoms with Gasteiger partial charge in [0.05, 0.1) is 16.6 Å². The molecule has 0 saturated carbocycles. The lowest BCUT2D eigenvalue weighted by molar-refractivity contribution is 1.27. The van der Waals surface area contributed by atoms with Gasteiger partial charge < -0.3 is 0 Å². The summed E-state index contributed by atoms with van der Waals surface area (Å²) in [7, 11) is 0. The minimum Gasteiger partial charge on any atom is -0.292 e. The molecule has 0 fully saturated rings. The van der Waals surface area contributed by atoms with Crippen molar-refractivity contribution in [1.29, 1.82) is 0 Å². The van der Waals surface area contributed by atoms with Crippen LogP contribution in [0.3, 0.4) is 0 Å². The topological polar surface area (TPSA) is 17.3 Å². The SMILES string of the molecule is C1=CCc2c(ccc3c4ccc(-c5ccc(-c6ccc7ccccc7c6)cc5)cc4n4c5ccccc5nc4c23)C=C1. The van der Waals surface area contributed by atoms with E-state index in [1.54, 1.807) is 0 Å². The molecule has 0 radical (unpaired) electrons. The predicted molar refractivity (Wildman–Crippen MR) is 178 cm³/mol. The van der Waals surface area contributed by atoms with Gasteiger partial charge in [0.25, 0.3) is 0 Å². The van der Waals surface area contributed by atoms with Gasteiger partial charge in [-0.3, -0.25) is 4.40 Å². The summed E-state index contributed by atoms with van der Waals surface area (Å²) in [5.41, 5.74) is 11.8. The highest BCUT2D eigenvalue weighted by Crippen LogP contribution is 2.38. The van der Waals surface area contributed by atoms with Crippen LogP contribution < -0.4 is 0 Å². The Bertz CT molecular complexity index is 2420. The second kappa shape index (κ2) is 9.02. The first kappa shape index (κ1) is 23.3. The lowest BCUT2D eigenvalue weighted by atomic mass is 9.94. The summed E-state index contributed by atoms with van der Waals surface area (Å²) >= 11 is 0. The van der Waals surface area contributed by atoms with Crippen LogP contribution in [0.25, 0.3) is 77.5 Å². The molecule has 1 aliphatic carbocycles. The van der Waals surface area contributed by atoms with Gasteiger partial charge >= 0.3 is 0 Å². The van der Waals surface area contributed by atoms with Crippen molar-refractivity contribution in [2.45, 2.75) is 6.42 Å². The third-order valence-corrected chi connectivity index (χ3v) is 8.81. The number of benzene rings is 6. The highest BCUT2D eigenvalue weighted by atomic mass is 15.0. The van der Waals surface area contributed by atoms with Gasteiger partial charge in [-0.25, -0.2) is 4.98 Å². The average Bonchev–Trinajstić information content (AvgIpc) is 3.27. The quantitative estimate of drug-likeness (QED) is 0.202. The zero-order chi connectivity index (χ0) is 27.6. The van der Waals surface area contributed by atoms with Crippen molar-refractivity contribution in [3.63, 3.8) is 0 Å². The summed E-state index contributed by atoms with van der Waals surface area (Å²) in [6, 6.07) is 44.1. The first-order chi connectivity index (χ1) is 20.8. The molecule has 0 spiro atoms. The van der Waals surface area contributed by atoms with E-state index in [0.29, 0.717) is 0 Å². The summed E-state index contributed by atoms with van der Waals surface area (Å²) < 4.78 is 2.37. The molecule has 0 atom stereocenters. The minimum atomic E-state index is 0.895. The molecule has 2 heteroatoms. The van der Waals surface area contributed by atoms with E-state index in [-0.39, 0.29) is 0 Å². The van der Waals surface area contributed by atoms with Gasteiger partial charge in [-0.2, -0.15) is 0 Å². The third kappa shape index (κ3) is 3.49. The highest BCUT2D eigenvalue weighted by molar-refractivity contribution is 6.16. The van der Waals surface area contributed by atoms with Crippen molar-refractivity contribution in [2.75, 3.05) is 0 Å². The van der Waals surface area contributed by atoms with Gasteiger partial charge in [-0.05, 0) is 80.2 Å². The maximum atomic E-state index is 5.22. The number of pyridine rings is 1. The Morgan fingerprint density at radius 3 is 2.14 bits per heavy atom. The van der Waals surface area contributed by atoms with Crippen LogP contribution >= 0.6 is 0 Å². The van der Waals surface area contributed by atoms with Crippen LogP contribution in [-0.2, 0) is 6.42 Å². The molecule has 0 aliphatic heterocycles. The molecule has 8 aromatic rings. The van der Waals surface area contributed by atoms with Crippen molar-refractivity contribution >= 4 is 55.2 Å². The van der Waals surface area contributed by atoms with E-state index in [0.717, 1.165) is 23.1 Å². The standard InChI is InChI=1S/C40H26N2/c1-2-9-29-20-23-35-34-22-21-32(28-16-14-27(15-17-28)31-19-18-26-8-4-5-10-30(26)24-31)25-38(34)42-37-13-7-6-12-36(37)41-40(42)39(35)33(29)11-3-1/h1-10,12-25H,11H2. The Morgan fingerprint density at radius 1 is 0.548 bits per heavy atom. The second-order valence-electron chi connectivity index (χ2n) is 11.2. The van der Waals surface area contributed by atoms with Crippen LogP contribution in [0.2, 0.25) is 0 Å². The molecule has 0 bridgehead atoms. The van der Waals surface area contributed by atoms with Crippen molar-refractivity contribution in [1.82, 2.24) is 9.38 Å². The number of para-hydroxylation sites is 2. The van der Waals surface area contributed by atoms with Crippen LogP contribution in [0.4, 0.5) is 0 Å². The van der Waals surface area contributed by atoms with Crippen molar-refractivity contribution in [3.8, 4) is 22.3 Å². The van der Waals surface area contributed by atoms with E-state index in [1.165, 1.54) is 65.8 Å². The van der Waals surface area contributed by atoms with E-state index in [1.807, 2.05) is 0 Å². The molecule has 2 aromatic heterocycles. The first-order valence-electron chi connectivity index (χ1n) is 14.5. The smallest absolute Gasteiger partial charge is 0.146 e. The Hall–Kier alpha value is -5.47. The van der Waals surface area contributed by atoms with E-state index in [4.69, 9.17) is 4.98 Å². The number of hydrogen-bond donors (Lipinski definition) is 0. The molecule has 2 heterocycles. The number of imidazole rings is 1. The van der Waals surface area contributed by atoms with Crippen LogP contribution in [0.5, 0.6) is 0 Å². The maximum Gasteiger partial charge on any atom is 0.146 e. The summed E-state index contributed by atoms with van der Waals surface area (Å²) in [5, 5.41) is 6.29. The zero-order valence-electron chi connectivity index (χ0n) is 23.0. The number of nitrogens with zero attached hydrogens (tertiary/aromatic N) is 2. The minimum absolute atomic E-state index is 0.895. The number of hydrogen-bond acceptors (Lipinski definition) is 1. The van der Waals surface area contributed by atoms with Crippen LogP contribution in [0.15, 0.2) is 140 Å². The van der Waals surface area contributed by atoms with Crippen molar-refractivity contribution in [3.05, 3.63) is 151 Å². The van der Waals surface area contributed by atoms with Gasteiger partial charge in [0, 0.05) is 10.8 Å². The number of allylic oxidation sites excluding steroid dienone is 3. The molecule has 6 aromatic carbocycles. The summed E-state index contributed by atoms with van der Waals surface area (Å²) in [4.78, 5) is 5.22. The number of fused-ring (bicyclic) bond motifs is 11. The first-order valence-corrected chi connectivity index (χ1v) is 14.5. The second-order valence-corrected chi connectivity index (χ2v) is 11.2. The third-order valence-electron chi connectivity index (χ3n) is 8.81. The normalized spacial score (nSPS) is 13.0. The number of aromatic nitrogens is 2. The molecule has 196 valence electrons. The van der Waals surface area contributed by atoms with Crippen molar-refractivity contribution < 1.29 is 0 Å². The molecule has 9 rings (SSSR count). The fourth-order valence-electron chi connectivity index (χ4n) is 6.73. The van der Waals surface area contributed by atoms with Gasteiger partial charge in [0.1, 0.15) is 5.65 Å². The molecule has 0 saturated heterocycles. The Kier molecular flexibility index (Phi) is 4.99. The molecule has 2 nitrogen and oxygen atoms in total. The molecule has 0 unspecified atom stereocenters. The molecule has 0 amide bonds. The highest BCUT2D eigenvalue weighted by Gasteiger charge is 2.18. The largest absolute Gasteiger partial charge is 0.292 e. The fraction of sp³-hybridized carbons (Fsp3) is 0.0250. The summed E-state index contributed by atoms with van der Waals surface area (Å²) in [5.74, 6) is 0. The monoisotopic (exact) mass is 534 g/mol. The molecule has 0 N–H and O–H groups in total. The van der Waals surface area contributed by atoms with Gasteiger partial charge in [-0.1, -0.05) is 121 Å². The predicted octanol–water partition coefficient (Wildman–Crippen LogP) is 10.4. The van der Waals surface area contributed by atoms with Crippen LogP contribution in [-0.4, -0.2) is 9.38 Å². The summed E-state index contributed by atoms with van der Waals surface area (Å²) in [6.45, 7) is 0. The molecule has 1 aliphatic rings. The molecular formula is C40H26N2. The van der Waals surface area contributed by atoms with E-state index in [9.17, 15) is 0 Å². The zero-order valence-corrected chi connectivity index (χ0v) is 23.0.